The molecule has 3 nitrogen and oxygen atoms in total. The zero-order chi connectivity index (χ0) is 13.0. The van der Waals surface area contributed by atoms with E-state index in [1.165, 1.54) is 51.2 Å². The molecule has 0 unspecified atom stereocenters. The highest BCUT2D eigenvalue weighted by molar-refractivity contribution is 5.89. The minimum absolute atomic E-state index is 0.0950. The van der Waals surface area contributed by atoms with Crippen molar-refractivity contribution < 1.29 is 9.53 Å². The maximum Gasteiger partial charge on any atom is 0.333 e. The van der Waals surface area contributed by atoms with Gasteiger partial charge in [-0.3, -0.25) is 0 Å². The number of likely N-dealkylation sites (N-methyl/N-ethyl adjacent to an activating group) is 1. The van der Waals surface area contributed by atoms with E-state index in [0.717, 1.165) is 25.1 Å². The number of hydrogen-bond donors (Lipinski definition) is 0. The Balaban J connectivity index is 2.21. The minimum atomic E-state index is -0.0950. The maximum atomic E-state index is 11.9. The number of ether oxygens (including phenoxy) is 1. The maximum absolute atomic E-state index is 11.9. The minimum Gasteiger partial charge on any atom is -0.466 e. The normalized spacial score (nSPS) is 23.9. The van der Waals surface area contributed by atoms with Crippen molar-refractivity contribution in [2.75, 3.05) is 27.2 Å². The largest absolute Gasteiger partial charge is 0.466 e. The van der Waals surface area contributed by atoms with Gasteiger partial charge >= 0.3 is 5.97 Å². The average Bonchev–Trinajstić information content (AvgIpc) is 2.66. The van der Waals surface area contributed by atoms with Gasteiger partial charge in [-0.05, 0) is 37.8 Å². The Morgan fingerprint density at radius 2 is 1.89 bits per heavy atom. The first kappa shape index (κ1) is 13.6. The van der Waals surface area contributed by atoms with Crippen LogP contribution in [0.4, 0.5) is 0 Å². The van der Waals surface area contributed by atoms with Crippen molar-refractivity contribution in [1.29, 1.82) is 0 Å². The topological polar surface area (TPSA) is 29.5 Å². The van der Waals surface area contributed by atoms with Crippen LogP contribution in [-0.2, 0) is 9.53 Å². The molecule has 1 heterocycles. The molecule has 102 valence electrons. The molecule has 0 spiro atoms. The first-order chi connectivity index (χ1) is 8.72. The fraction of sp³-hybridized carbons (Fsp3) is 0.800. The molecule has 18 heavy (non-hydrogen) atoms. The number of carbonyl (C=O) groups is 1. The smallest absolute Gasteiger partial charge is 0.333 e. The average molecular weight is 251 g/mol. The predicted molar refractivity (Wildman–Crippen MR) is 72.3 cm³/mol. The number of nitrogens with zero attached hydrogens (tertiary/aromatic N) is 1. The van der Waals surface area contributed by atoms with Crippen LogP contribution in [-0.4, -0.2) is 38.1 Å². The first-order valence-electron chi connectivity index (χ1n) is 7.21. The quantitative estimate of drug-likeness (QED) is 0.558. The van der Waals surface area contributed by atoms with E-state index in [0.29, 0.717) is 5.92 Å². The second-order valence-electron chi connectivity index (χ2n) is 5.67. The Bertz CT molecular complexity index is 327. The molecule has 1 saturated carbocycles. The Morgan fingerprint density at radius 1 is 1.22 bits per heavy atom. The summed E-state index contributed by atoms with van der Waals surface area (Å²) in [6, 6.07) is 0. The predicted octanol–water partition coefficient (Wildman–Crippen LogP) is 2.76. The molecule has 0 saturated heterocycles. The van der Waals surface area contributed by atoms with Crippen molar-refractivity contribution in [3.8, 4) is 0 Å². The van der Waals surface area contributed by atoms with Gasteiger partial charge in [0.1, 0.15) is 0 Å². The van der Waals surface area contributed by atoms with Crippen molar-refractivity contribution in [3.63, 3.8) is 0 Å². The van der Waals surface area contributed by atoms with Crippen molar-refractivity contribution >= 4 is 5.97 Å². The van der Waals surface area contributed by atoms with E-state index >= 15 is 0 Å². The molecule has 2 aliphatic rings. The highest BCUT2D eigenvalue weighted by Crippen LogP contribution is 2.33. The fourth-order valence-electron chi connectivity index (χ4n) is 3.29. The van der Waals surface area contributed by atoms with Crippen LogP contribution in [0.2, 0.25) is 0 Å². The molecule has 1 aliphatic carbocycles. The lowest BCUT2D eigenvalue weighted by Gasteiger charge is -2.31. The zero-order valence-electron chi connectivity index (χ0n) is 11.7. The second kappa shape index (κ2) is 6.37. The molecule has 1 aliphatic heterocycles. The van der Waals surface area contributed by atoms with Crippen LogP contribution in [0.15, 0.2) is 11.1 Å². The van der Waals surface area contributed by atoms with Crippen LogP contribution in [0.25, 0.3) is 0 Å². The van der Waals surface area contributed by atoms with Gasteiger partial charge in [0.15, 0.2) is 0 Å². The summed E-state index contributed by atoms with van der Waals surface area (Å²) in [7, 11) is 3.64. The van der Waals surface area contributed by atoms with E-state index in [1.54, 1.807) is 0 Å². The number of methoxy groups -OCH3 is 1. The summed E-state index contributed by atoms with van der Waals surface area (Å²) < 4.78 is 4.96. The summed E-state index contributed by atoms with van der Waals surface area (Å²) in [4.78, 5) is 14.2. The molecule has 0 radical (unpaired) electrons. The number of hydrogen-bond acceptors (Lipinski definition) is 3. The van der Waals surface area contributed by atoms with Gasteiger partial charge in [-0.1, -0.05) is 25.7 Å². The lowest BCUT2D eigenvalue weighted by Crippen LogP contribution is -2.33. The molecule has 0 aromatic carbocycles. The molecule has 0 aromatic rings. The van der Waals surface area contributed by atoms with Gasteiger partial charge in [0.05, 0.1) is 7.11 Å². The zero-order valence-corrected chi connectivity index (χ0v) is 11.7. The van der Waals surface area contributed by atoms with Crippen LogP contribution in [0.3, 0.4) is 0 Å². The third kappa shape index (κ3) is 3.14. The Morgan fingerprint density at radius 3 is 2.50 bits per heavy atom. The summed E-state index contributed by atoms with van der Waals surface area (Å²) in [5.74, 6) is 0.520. The van der Waals surface area contributed by atoms with Gasteiger partial charge in [0.2, 0.25) is 0 Å². The Hall–Kier alpha value is -0.830. The fourth-order valence-corrected chi connectivity index (χ4v) is 3.29. The molecule has 0 amide bonds. The van der Waals surface area contributed by atoms with E-state index in [9.17, 15) is 4.79 Å². The van der Waals surface area contributed by atoms with E-state index in [1.807, 2.05) is 0 Å². The van der Waals surface area contributed by atoms with Crippen molar-refractivity contribution in [3.05, 3.63) is 11.1 Å². The van der Waals surface area contributed by atoms with E-state index in [2.05, 4.69) is 11.9 Å². The Kier molecular flexibility index (Phi) is 4.81. The van der Waals surface area contributed by atoms with Crippen molar-refractivity contribution in [1.82, 2.24) is 4.90 Å². The summed E-state index contributed by atoms with van der Waals surface area (Å²) >= 11 is 0. The summed E-state index contributed by atoms with van der Waals surface area (Å²) in [5, 5.41) is 0. The van der Waals surface area contributed by atoms with E-state index in [-0.39, 0.29) is 5.97 Å². The van der Waals surface area contributed by atoms with Gasteiger partial charge in [-0.2, -0.15) is 0 Å². The van der Waals surface area contributed by atoms with Crippen LogP contribution in [0.1, 0.15) is 44.9 Å². The standard InChI is InChI=1S/C15H25NO2/c1-16-10-9-13(15(17)18-2)14(11-16)12-7-5-3-4-6-8-12/h12H,3-11H2,1-2H3. The highest BCUT2D eigenvalue weighted by atomic mass is 16.5. The molecule has 2 rings (SSSR count). The van der Waals surface area contributed by atoms with Gasteiger partial charge in [0.25, 0.3) is 0 Å². The van der Waals surface area contributed by atoms with Crippen LogP contribution >= 0.6 is 0 Å². The summed E-state index contributed by atoms with van der Waals surface area (Å²) in [5.41, 5.74) is 2.35. The molecule has 1 fully saturated rings. The van der Waals surface area contributed by atoms with Crippen LogP contribution < -0.4 is 0 Å². The lowest BCUT2D eigenvalue weighted by molar-refractivity contribution is -0.136. The molecular weight excluding hydrogens is 226 g/mol. The van der Waals surface area contributed by atoms with Gasteiger partial charge in [-0.25, -0.2) is 4.79 Å². The molecule has 0 aromatic heterocycles. The summed E-state index contributed by atoms with van der Waals surface area (Å²) in [6.45, 7) is 1.93. The molecule has 0 bridgehead atoms. The monoisotopic (exact) mass is 251 g/mol. The Labute approximate surface area is 110 Å². The van der Waals surface area contributed by atoms with Gasteiger partial charge in [-0.15, -0.1) is 0 Å². The SMILES string of the molecule is COC(=O)C1=C(C2CCCCCC2)CN(C)CC1. The third-order valence-electron chi connectivity index (χ3n) is 4.35. The van der Waals surface area contributed by atoms with E-state index in [4.69, 9.17) is 4.74 Å². The number of carbonyl (C=O) groups excluding carboxylic acids is 1. The first-order valence-corrected chi connectivity index (χ1v) is 7.21. The molecular formula is C15H25NO2. The highest BCUT2D eigenvalue weighted by Gasteiger charge is 2.27. The number of esters is 1. The van der Waals surface area contributed by atoms with Crippen molar-refractivity contribution in [2.24, 2.45) is 5.92 Å². The lowest BCUT2D eigenvalue weighted by atomic mass is 9.85. The summed E-state index contributed by atoms with van der Waals surface area (Å²) in [6.07, 6.45) is 8.70. The van der Waals surface area contributed by atoms with Gasteiger partial charge < -0.3 is 9.64 Å². The van der Waals surface area contributed by atoms with Crippen LogP contribution in [0, 0.1) is 5.92 Å². The third-order valence-corrected chi connectivity index (χ3v) is 4.35. The molecule has 3 heteroatoms. The number of rotatable bonds is 2. The van der Waals surface area contributed by atoms with Crippen molar-refractivity contribution in [2.45, 2.75) is 44.9 Å². The van der Waals surface area contributed by atoms with E-state index < -0.39 is 0 Å². The molecule has 0 N–H and O–H groups in total. The van der Waals surface area contributed by atoms with Gasteiger partial charge in [0, 0.05) is 18.7 Å². The molecule has 0 atom stereocenters. The second-order valence-corrected chi connectivity index (χ2v) is 5.67. The van der Waals surface area contributed by atoms with Crippen LogP contribution in [0.5, 0.6) is 0 Å².